The van der Waals surface area contributed by atoms with E-state index >= 15 is 0 Å². The molecule has 0 fully saturated rings. The summed E-state index contributed by atoms with van der Waals surface area (Å²) in [4.78, 5) is 24.4. The third-order valence-electron chi connectivity index (χ3n) is 4.70. The highest BCUT2D eigenvalue weighted by atomic mass is 35.5. The first-order valence-corrected chi connectivity index (χ1v) is 11.9. The molecule has 3 aromatic carbocycles. The van der Waals surface area contributed by atoms with Gasteiger partial charge in [0.05, 0.1) is 17.5 Å². The molecule has 0 aliphatic heterocycles. The Labute approximate surface area is 211 Å². The van der Waals surface area contributed by atoms with Crippen molar-refractivity contribution < 1.29 is 14.3 Å². The van der Waals surface area contributed by atoms with Crippen LogP contribution in [0.3, 0.4) is 0 Å². The van der Waals surface area contributed by atoms with Gasteiger partial charge in [-0.05, 0) is 67.1 Å². The van der Waals surface area contributed by atoms with Gasteiger partial charge in [0.15, 0.2) is 5.16 Å². The molecule has 176 valence electrons. The number of benzene rings is 3. The quantitative estimate of drug-likeness (QED) is 0.123. The second kappa shape index (κ2) is 11.5. The molecule has 4 rings (SSSR count). The van der Waals surface area contributed by atoms with Gasteiger partial charge in [0.1, 0.15) is 11.6 Å². The molecule has 0 bridgehead atoms. The SMILES string of the molecule is Cc1nnc(SCC(=O)NN=Cc2ccc(OC(=O)c3cccc(Cl)c3)cc2)n1-c1ccccc1. The highest BCUT2D eigenvalue weighted by molar-refractivity contribution is 7.99. The van der Waals surface area contributed by atoms with Crippen molar-refractivity contribution in [2.75, 3.05) is 5.75 Å². The van der Waals surface area contributed by atoms with Crippen molar-refractivity contribution >= 4 is 41.5 Å². The summed E-state index contributed by atoms with van der Waals surface area (Å²) >= 11 is 7.18. The maximum Gasteiger partial charge on any atom is 0.343 e. The standard InChI is InChI=1S/C25H20ClN5O3S/c1-17-28-30-25(31(17)21-8-3-2-4-9-21)35-16-23(32)29-27-15-18-10-12-22(13-11-18)34-24(33)19-6-5-7-20(26)14-19/h2-15H,16H2,1H3,(H,29,32). The molecule has 0 aliphatic carbocycles. The first kappa shape index (κ1) is 24.2. The van der Waals surface area contributed by atoms with Crippen LogP contribution < -0.4 is 10.2 Å². The lowest BCUT2D eigenvalue weighted by atomic mass is 10.2. The maximum atomic E-state index is 12.2. The Morgan fingerprint density at radius 3 is 2.57 bits per heavy atom. The average Bonchev–Trinajstić information content (AvgIpc) is 3.24. The number of hydrogen-bond donors (Lipinski definition) is 1. The first-order chi connectivity index (χ1) is 17.0. The van der Waals surface area contributed by atoms with Crippen LogP contribution in [0.15, 0.2) is 89.1 Å². The fourth-order valence-corrected chi connectivity index (χ4v) is 4.04. The summed E-state index contributed by atoms with van der Waals surface area (Å²) in [6.07, 6.45) is 1.50. The second-order valence-electron chi connectivity index (χ2n) is 7.25. The van der Waals surface area contributed by atoms with Crippen molar-refractivity contribution in [2.24, 2.45) is 5.10 Å². The topological polar surface area (TPSA) is 98.5 Å². The predicted octanol–water partition coefficient (Wildman–Crippen LogP) is 4.69. The molecule has 8 nitrogen and oxygen atoms in total. The van der Waals surface area contributed by atoms with Gasteiger partial charge in [0.25, 0.3) is 5.91 Å². The number of hydrogen-bond acceptors (Lipinski definition) is 7. The average molecular weight is 506 g/mol. The highest BCUT2D eigenvalue weighted by Crippen LogP contribution is 2.21. The predicted molar refractivity (Wildman–Crippen MR) is 135 cm³/mol. The number of nitrogens with zero attached hydrogens (tertiary/aromatic N) is 4. The maximum absolute atomic E-state index is 12.2. The fraction of sp³-hybridized carbons (Fsp3) is 0.0800. The molecule has 35 heavy (non-hydrogen) atoms. The molecule has 1 amide bonds. The summed E-state index contributed by atoms with van der Waals surface area (Å²) in [6.45, 7) is 1.86. The Morgan fingerprint density at radius 2 is 1.83 bits per heavy atom. The smallest absolute Gasteiger partial charge is 0.343 e. The van der Waals surface area contributed by atoms with Crippen LogP contribution in [0.5, 0.6) is 5.75 Å². The number of nitrogens with one attached hydrogen (secondary N) is 1. The van der Waals surface area contributed by atoms with Crippen LogP contribution in [0.1, 0.15) is 21.7 Å². The second-order valence-corrected chi connectivity index (χ2v) is 8.63. The number of carbonyl (C=O) groups excluding carboxylic acids is 2. The van der Waals surface area contributed by atoms with Gasteiger partial charge in [0, 0.05) is 10.7 Å². The van der Waals surface area contributed by atoms with Gasteiger partial charge < -0.3 is 4.74 Å². The van der Waals surface area contributed by atoms with E-state index in [1.807, 2.05) is 41.8 Å². The van der Waals surface area contributed by atoms with Gasteiger partial charge in [0.2, 0.25) is 0 Å². The van der Waals surface area contributed by atoms with Gasteiger partial charge in [-0.15, -0.1) is 10.2 Å². The molecule has 1 aromatic heterocycles. The van der Waals surface area contributed by atoms with Crippen LogP contribution >= 0.6 is 23.4 Å². The molecule has 1 heterocycles. The molecule has 0 unspecified atom stereocenters. The van der Waals surface area contributed by atoms with Crippen molar-refractivity contribution in [1.29, 1.82) is 0 Å². The van der Waals surface area contributed by atoms with E-state index in [0.29, 0.717) is 21.5 Å². The number of carbonyl (C=O) groups is 2. The van der Waals surface area contributed by atoms with Crippen LogP contribution in [-0.4, -0.2) is 38.6 Å². The van der Waals surface area contributed by atoms with Gasteiger partial charge >= 0.3 is 5.97 Å². The van der Waals surface area contributed by atoms with E-state index in [9.17, 15) is 9.59 Å². The molecule has 1 N–H and O–H groups in total. The Hall–Kier alpha value is -3.95. The number of esters is 1. The summed E-state index contributed by atoms with van der Waals surface area (Å²) < 4.78 is 7.23. The Kier molecular flexibility index (Phi) is 7.92. The minimum Gasteiger partial charge on any atom is -0.423 e. The molecule has 0 atom stereocenters. The van der Waals surface area contributed by atoms with Gasteiger partial charge in [-0.25, -0.2) is 10.2 Å². The number of para-hydroxylation sites is 1. The summed E-state index contributed by atoms with van der Waals surface area (Å²) in [5.41, 5.74) is 4.51. The van der Waals surface area contributed by atoms with Gasteiger partial charge in [-0.3, -0.25) is 9.36 Å². The molecular weight excluding hydrogens is 486 g/mol. The molecular formula is C25H20ClN5O3S. The van der Waals surface area contributed by atoms with Crippen LogP contribution in [0.25, 0.3) is 5.69 Å². The molecule has 0 spiro atoms. The molecule has 4 aromatic rings. The summed E-state index contributed by atoms with van der Waals surface area (Å²) in [5, 5.41) is 13.3. The van der Waals surface area contributed by atoms with Crippen LogP contribution in [0, 0.1) is 6.92 Å². The van der Waals surface area contributed by atoms with Crippen LogP contribution in [0.2, 0.25) is 5.02 Å². The number of hydrazone groups is 1. The zero-order valence-electron chi connectivity index (χ0n) is 18.6. The number of rotatable bonds is 8. The van der Waals surface area contributed by atoms with E-state index in [0.717, 1.165) is 17.1 Å². The zero-order valence-corrected chi connectivity index (χ0v) is 20.2. The van der Waals surface area contributed by atoms with E-state index in [4.69, 9.17) is 16.3 Å². The number of amides is 1. The van der Waals surface area contributed by atoms with Crippen molar-refractivity contribution in [3.63, 3.8) is 0 Å². The molecule has 0 aliphatic rings. The third-order valence-corrected chi connectivity index (χ3v) is 5.86. The minimum absolute atomic E-state index is 0.126. The van der Waals surface area contributed by atoms with Crippen LogP contribution in [0.4, 0.5) is 0 Å². The van der Waals surface area contributed by atoms with Crippen molar-refractivity contribution in [2.45, 2.75) is 12.1 Å². The summed E-state index contributed by atoms with van der Waals surface area (Å²) in [6, 6.07) is 22.9. The van der Waals surface area contributed by atoms with Crippen molar-refractivity contribution in [3.8, 4) is 11.4 Å². The molecule has 0 saturated heterocycles. The number of aryl methyl sites for hydroxylation is 1. The van der Waals surface area contributed by atoms with Gasteiger partial charge in [-0.2, -0.15) is 5.10 Å². The number of ether oxygens (including phenoxy) is 1. The number of thioether (sulfide) groups is 1. The summed E-state index contributed by atoms with van der Waals surface area (Å²) in [7, 11) is 0. The van der Waals surface area contributed by atoms with E-state index in [1.54, 1.807) is 48.5 Å². The largest absolute Gasteiger partial charge is 0.423 e. The summed E-state index contributed by atoms with van der Waals surface area (Å²) in [5.74, 6) is 0.459. The Morgan fingerprint density at radius 1 is 1.06 bits per heavy atom. The van der Waals surface area contributed by atoms with Crippen molar-refractivity contribution in [3.05, 3.63) is 101 Å². The lowest BCUT2D eigenvalue weighted by molar-refractivity contribution is -0.118. The van der Waals surface area contributed by atoms with Crippen molar-refractivity contribution in [1.82, 2.24) is 20.2 Å². The zero-order chi connectivity index (χ0) is 24.6. The van der Waals surface area contributed by atoms with Crippen LogP contribution in [-0.2, 0) is 4.79 Å². The monoisotopic (exact) mass is 505 g/mol. The van der Waals surface area contributed by atoms with E-state index < -0.39 is 5.97 Å². The first-order valence-electron chi connectivity index (χ1n) is 10.5. The third kappa shape index (κ3) is 6.56. The van der Waals surface area contributed by atoms with E-state index in [2.05, 4.69) is 20.7 Å². The highest BCUT2D eigenvalue weighted by Gasteiger charge is 2.13. The molecule has 10 heteroatoms. The normalized spacial score (nSPS) is 10.9. The number of halogens is 1. The lowest BCUT2D eigenvalue weighted by Gasteiger charge is -2.07. The lowest BCUT2D eigenvalue weighted by Crippen LogP contribution is -2.20. The molecule has 0 radical (unpaired) electrons. The Balaban J connectivity index is 1.27. The van der Waals surface area contributed by atoms with E-state index in [1.165, 1.54) is 18.0 Å². The molecule has 0 saturated carbocycles. The minimum atomic E-state index is -0.503. The number of aromatic nitrogens is 3. The van der Waals surface area contributed by atoms with Gasteiger partial charge in [-0.1, -0.05) is 47.6 Å². The van der Waals surface area contributed by atoms with E-state index in [-0.39, 0.29) is 11.7 Å². The Bertz CT molecular complexity index is 1360. The fourth-order valence-electron chi connectivity index (χ4n) is 3.06.